The second kappa shape index (κ2) is 6.16. The molecule has 0 aromatic rings. The Morgan fingerprint density at radius 3 is 2.68 bits per heavy atom. The van der Waals surface area contributed by atoms with Crippen molar-refractivity contribution in [1.82, 2.24) is 0 Å². The molecule has 7 atom stereocenters. The minimum Gasteiger partial charge on any atom is -0.359 e. The molecular weight excluding hydrogens is 316 g/mol. The number of fused-ring (bicyclic) bond motifs is 5. The smallest absolute Gasteiger partial charge is 0.146 e. The number of rotatable bonds is 3. The molecule has 140 valence electrons. The number of hydrogen-bond acceptors (Lipinski definition) is 4. The molecule has 0 saturated heterocycles. The standard InChI is InChI=1S/C21H32O4/c1-20-9-8-14(25-12-24-3)10-13(20)4-5-15-16-6-7-18(23)21(16,2)11-17(22)19(15)20/h13-16,19H,4-12H2,1-3H3/t13?,14?,15-,16-,19-,20-,21-/m0/s1. The minimum atomic E-state index is -0.361. The molecule has 0 bridgehead atoms. The first-order valence-corrected chi connectivity index (χ1v) is 10.1. The zero-order valence-corrected chi connectivity index (χ0v) is 15.9. The Hall–Kier alpha value is -0.740. The van der Waals surface area contributed by atoms with Crippen molar-refractivity contribution in [3.63, 3.8) is 0 Å². The highest BCUT2D eigenvalue weighted by Crippen LogP contribution is 2.64. The molecule has 0 amide bonds. The van der Waals surface area contributed by atoms with Gasteiger partial charge < -0.3 is 9.47 Å². The first kappa shape index (κ1) is 17.7. The Kier molecular flexibility index (Phi) is 4.35. The van der Waals surface area contributed by atoms with Crippen LogP contribution in [-0.2, 0) is 19.1 Å². The molecule has 4 saturated carbocycles. The average Bonchev–Trinajstić information content (AvgIpc) is 2.87. The Labute approximate surface area is 151 Å². The first-order chi connectivity index (χ1) is 11.9. The highest BCUT2D eigenvalue weighted by Gasteiger charge is 2.63. The molecule has 4 aliphatic rings. The lowest BCUT2D eigenvalue weighted by molar-refractivity contribution is -0.168. The summed E-state index contributed by atoms with van der Waals surface area (Å²) in [5.41, 5.74) is -0.264. The maximum absolute atomic E-state index is 13.2. The van der Waals surface area contributed by atoms with E-state index in [9.17, 15) is 9.59 Å². The van der Waals surface area contributed by atoms with Gasteiger partial charge in [0.1, 0.15) is 18.4 Å². The molecule has 0 spiro atoms. The van der Waals surface area contributed by atoms with E-state index in [2.05, 4.69) is 13.8 Å². The summed E-state index contributed by atoms with van der Waals surface area (Å²) < 4.78 is 10.9. The van der Waals surface area contributed by atoms with E-state index in [-0.39, 0.29) is 22.9 Å². The third-order valence-electron chi connectivity index (χ3n) is 8.44. The first-order valence-electron chi connectivity index (χ1n) is 10.1. The molecule has 4 heteroatoms. The molecule has 0 aromatic carbocycles. The Morgan fingerprint density at radius 1 is 1.12 bits per heavy atom. The summed E-state index contributed by atoms with van der Waals surface area (Å²) >= 11 is 0. The second-order valence-corrected chi connectivity index (χ2v) is 9.52. The summed E-state index contributed by atoms with van der Waals surface area (Å²) in [7, 11) is 1.67. The summed E-state index contributed by atoms with van der Waals surface area (Å²) in [5, 5.41) is 0. The monoisotopic (exact) mass is 348 g/mol. The van der Waals surface area contributed by atoms with Gasteiger partial charge in [-0.3, -0.25) is 9.59 Å². The fourth-order valence-corrected chi connectivity index (χ4v) is 7.13. The molecule has 4 aliphatic carbocycles. The maximum Gasteiger partial charge on any atom is 0.146 e. The SMILES string of the molecule is COCOC1CC[C@@]2(C)C(CC[C@@H]3[C@H]2C(=O)C[C@]2(C)C(=O)CC[C@@H]32)C1. The van der Waals surface area contributed by atoms with Gasteiger partial charge in [-0.1, -0.05) is 13.8 Å². The van der Waals surface area contributed by atoms with Gasteiger partial charge in [0.15, 0.2) is 0 Å². The van der Waals surface area contributed by atoms with Crippen molar-refractivity contribution in [2.45, 2.75) is 71.3 Å². The van der Waals surface area contributed by atoms with Crippen LogP contribution >= 0.6 is 0 Å². The number of methoxy groups -OCH3 is 1. The highest BCUT2D eigenvalue weighted by atomic mass is 16.7. The normalized spacial score (nSPS) is 49.5. The third-order valence-corrected chi connectivity index (χ3v) is 8.44. The van der Waals surface area contributed by atoms with Gasteiger partial charge in [-0.15, -0.1) is 0 Å². The Balaban J connectivity index is 1.57. The van der Waals surface area contributed by atoms with E-state index in [1.807, 2.05) is 0 Å². The number of ketones is 2. The van der Waals surface area contributed by atoms with Crippen LogP contribution in [0.15, 0.2) is 0 Å². The summed E-state index contributed by atoms with van der Waals surface area (Å²) in [6.07, 6.45) is 7.88. The zero-order chi connectivity index (χ0) is 17.8. The molecule has 0 radical (unpaired) electrons. The third kappa shape index (κ3) is 2.55. The van der Waals surface area contributed by atoms with Crippen LogP contribution in [0.25, 0.3) is 0 Å². The van der Waals surface area contributed by atoms with Crippen LogP contribution in [0.4, 0.5) is 0 Å². The fraction of sp³-hybridized carbons (Fsp3) is 0.905. The van der Waals surface area contributed by atoms with Crippen molar-refractivity contribution in [1.29, 1.82) is 0 Å². The number of hydrogen-bond donors (Lipinski definition) is 0. The molecule has 0 heterocycles. The Morgan fingerprint density at radius 2 is 1.92 bits per heavy atom. The van der Waals surface area contributed by atoms with Gasteiger partial charge in [0.05, 0.1) is 6.10 Å². The fourth-order valence-electron chi connectivity index (χ4n) is 7.13. The summed E-state index contributed by atoms with van der Waals surface area (Å²) in [6.45, 7) is 4.80. The van der Waals surface area contributed by atoms with Gasteiger partial charge in [0, 0.05) is 31.3 Å². The van der Waals surface area contributed by atoms with Gasteiger partial charge in [0.25, 0.3) is 0 Å². The predicted molar refractivity (Wildman–Crippen MR) is 93.9 cm³/mol. The lowest BCUT2D eigenvalue weighted by Crippen LogP contribution is -2.57. The van der Waals surface area contributed by atoms with Crippen LogP contribution < -0.4 is 0 Å². The van der Waals surface area contributed by atoms with Crippen LogP contribution in [0.2, 0.25) is 0 Å². The van der Waals surface area contributed by atoms with Crippen molar-refractivity contribution >= 4 is 11.6 Å². The van der Waals surface area contributed by atoms with Gasteiger partial charge in [-0.25, -0.2) is 0 Å². The maximum atomic E-state index is 13.2. The Bertz CT molecular complexity index is 572. The van der Waals surface area contributed by atoms with Crippen LogP contribution in [-0.4, -0.2) is 31.6 Å². The van der Waals surface area contributed by atoms with E-state index in [1.165, 1.54) is 6.42 Å². The molecule has 0 aliphatic heterocycles. The number of Topliss-reactive ketones (excluding diaryl/α,β-unsaturated/α-hetero) is 2. The second-order valence-electron chi connectivity index (χ2n) is 9.52. The van der Waals surface area contributed by atoms with Crippen LogP contribution in [0.3, 0.4) is 0 Å². The quantitative estimate of drug-likeness (QED) is 0.729. The summed E-state index contributed by atoms with van der Waals surface area (Å²) in [5.74, 6) is 2.31. The number of carbonyl (C=O) groups excluding carboxylic acids is 2. The molecule has 0 N–H and O–H groups in total. The lowest BCUT2D eigenvalue weighted by atomic mass is 9.45. The molecule has 25 heavy (non-hydrogen) atoms. The van der Waals surface area contributed by atoms with Gasteiger partial charge in [0.2, 0.25) is 0 Å². The topological polar surface area (TPSA) is 52.6 Å². The molecule has 2 unspecified atom stereocenters. The van der Waals surface area contributed by atoms with Crippen molar-refractivity contribution in [2.24, 2.45) is 34.5 Å². The van der Waals surface area contributed by atoms with Crippen molar-refractivity contribution in [3.05, 3.63) is 0 Å². The molecule has 4 fully saturated rings. The molecule has 4 nitrogen and oxygen atoms in total. The van der Waals surface area contributed by atoms with E-state index < -0.39 is 0 Å². The van der Waals surface area contributed by atoms with Crippen molar-refractivity contribution in [3.8, 4) is 0 Å². The van der Waals surface area contributed by atoms with Gasteiger partial charge in [-0.2, -0.15) is 0 Å². The average molecular weight is 348 g/mol. The van der Waals surface area contributed by atoms with Crippen molar-refractivity contribution in [2.75, 3.05) is 13.9 Å². The van der Waals surface area contributed by atoms with Gasteiger partial charge >= 0.3 is 0 Å². The van der Waals surface area contributed by atoms with Crippen LogP contribution in [0.1, 0.15) is 65.2 Å². The largest absolute Gasteiger partial charge is 0.359 e. The van der Waals surface area contributed by atoms with E-state index >= 15 is 0 Å². The van der Waals surface area contributed by atoms with E-state index in [4.69, 9.17) is 9.47 Å². The summed E-state index contributed by atoms with van der Waals surface area (Å²) in [6, 6.07) is 0. The van der Waals surface area contributed by atoms with E-state index in [0.29, 0.717) is 49.0 Å². The van der Waals surface area contributed by atoms with Crippen LogP contribution in [0.5, 0.6) is 0 Å². The van der Waals surface area contributed by atoms with Crippen molar-refractivity contribution < 1.29 is 19.1 Å². The lowest BCUT2D eigenvalue weighted by Gasteiger charge is -2.59. The number of carbonyl (C=O) groups is 2. The summed E-state index contributed by atoms with van der Waals surface area (Å²) in [4.78, 5) is 25.7. The van der Waals surface area contributed by atoms with Gasteiger partial charge in [-0.05, 0) is 61.7 Å². The zero-order valence-electron chi connectivity index (χ0n) is 15.9. The molecule has 0 aromatic heterocycles. The minimum absolute atomic E-state index is 0.0971. The predicted octanol–water partition coefficient (Wildman–Crippen LogP) is 3.77. The number of ether oxygens (including phenoxy) is 2. The van der Waals surface area contributed by atoms with E-state index in [1.54, 1.807) is 7.11 Å². The highest BCUT2D eigenvalue weighted by molar-refractivity contribution is 5.95. The molecule has 4 rings (SSSR count). The van der Waals surface area contributed by atoms with Crippen LogP contribution in [0, 0.1) is 34.5 Å². The van der Waals surface area contributed by atoms with E-state index in [0.717, 1.165) is 32.1 Å². The molecular formula is C21H32O4.